The van der Waals surface area contributed by atoms with Crippen LogP contribution in [-0.4, -0.2) is 41.5 Å². The maximum Gasteiger partial charge on any atom is 0.306 e. The third-order valence-corrected chi connectivity index (χ3v) is 4.49. The SMILES string of the molecule is CCC(CC)(CN)C(=O)N1CC(C(C)C(=O)O)C1. The summed E-state index contributed by atoms with van der Waals surface area (Å²) >= 11 is 0. The molecule has 0 aromatic carbocycles. The van der Waals surface area contributed by atoms with Crippen molar-refractivity contribution in [3.05, 3.63) is 0 Å². The van der Waals surface area contributed by atoms with Gasteiger partial charge in [0.25, 0.3) is 0 Å². The van der Waals surface area contributed by atoms with E-state index in [1.54, 1.807) is 11.8 Å². The summed E-state index contributed by atoms with van der Waals surface area (Å²) in [7, 11) is 0. The minimum absolute atomic E-state index is 0.0793. The summed E-state index contributed by atoms with van der Waals surface area (Å²) in [5.74, 6) is -1.01. The van der Waals surface area contributed by atoms with Crippen LogP contribution in [0.15, 0.2) is 0 Å². The Morgan fingerprint density at radius 2 is 1.89 bits per heavy atom. The number of carbonyl (C=O) groups is 2. The number of carbonyl (C=O) groups excluding carboxylic acids is 1. The van der Waals surface area contributed by atoms with Crippen molar-refractivity contribution in [2.75, 3.05) is 19.6 Å². The third kappa shape index (κ3) is 2.51. The number of aliphatic carboxylic acids is 1. The molecule has 0 radical (unpaired) electrons. The molecular formula is C13H24N2O3. The second-order valence-electron chi connectivity index (χ2n) is 5.29. The lowest BCUT2D eigenvalue weighted by Crippen LogP contribution is -2.58. The van der Waals surface area contributed by atoms with Crippen LogP contribution < -0.4 is 5.73 Å². The molecule has 1 aliphatic rings. The molecule has 5 nitrogen and oxygen atoms in total. The maximum atomic E-state index is 12.4. The van der Waals surface area contributed by atoms with Gasteiger partial charge in [-0.3, -0.25) is 9.59 Å². The van der Waals surface area contributed by atoms with Gasteiger partial charge in [-0.1, -0.05) is 20.8 Å². The Kier molecular flexibility index (Phi) is 4.73. The van der Waals surface area contributed by atoms with E-state index in [1.165, 1.54) is 0 Å². The second kappa shape index (κ2) is 5.69. The zero-order chi connectivity index (χ0) is 13.9. The van der Waals surface area contributed by atoms with Crippen LogP contribution in [0.4, 0.5) is 0 Å². The van der Waals surface area contributed by atoms with E-state index in [2.05, 4.69) is 0 Å². The van der Waals surface area contributed by atoms with Gasteiger partial charge in [0.15, 0.2) is 0 Å². The fourth-order valence-corrected chi connectivity index (χ4v) is 2.46. The Morgan fingerprint density at radius 3 is 2.22 bits per heavy atom. The van der Waals surface area contributed by atoms with E-state index in [0.717, 1.165) is 12.8 Å². The van der Waals surface area contributed by atoms with E-state index >= 15 is 0 Å². The molecule has 0 aromatic heterocycles. The molecule has 1 atom stereocenters. The first-order valence-corrected chi connectivity index (χ1v) is 6.64. The Morgan fingerprint density at radius 1 is 1.39 bits per heavy atom. The van der Waals surface area contributed by atoms with Crippen LogP contribution in [0.3, 0.4) is 0 Å². The third-order valence-electron chi connectivity index (χ3n) is 4.49. The van der Waals surface area contributed by atoms with Crippen LogP contribution in [0.2, 0.25) is 0 Å². The highest BCUT2D eigenvalue weighted by atomic mass is 16.4. The normalized spacial score (nSPS) is 18.3. The van der Waals surface area contributed by atoms with Crippen molar-refractivity contribution in [2.45, 2.75) is 33.6 Å². The van der Waals surface area contributed by atoms with E-state index in [-0.39, 0.29) is 17.7 Å². The Bertz CT molecular complexity index is 312. The fourth-order valence-electron chi connectivity index (χ4n) is 2.46. The summed E-state index contributed by atoms with van der Waals surface area (Å²) in [6.07, 6.45) is 1.46. The average molecular weight is 256 g/mol. The van der Waals surface area contributed by atoms with Crippen molar-refractivity contribution in [3.63, 3.8) is 0 Å². The van der Waals surface area contributed by atoms with Gasteiger partial charge < -0.3 is 15.7 Å². The summed E-state index contributed by atoms with van der Waals surface area (Å²) in [6, 6.07) is 0. The van der Waals surface area contributed by atoms with Crippen molar-refractivity contribution in [1.29, 1.82) is 0 Å². The molecule has 104 valence electrons. The molecule has 1 aliphatic heterocycles. The van der Waals surface area contributed by atoms with Gasteiger partial charge in [0.1, 0.15) is 0 Å². The van der Waals surface area contributed by atoms with Crippen molar-refractivity contribution >= 4 is 11.9 Å². The predicted octanol–water partition coefficient (Wildman–Crippen LogP) is 0.931. The monoisotopic (exact) mass is 256 g/mol. The lowest BCUT2D eigenvalue weighted by atomic mass is 9.78. The zero-order valence-electron chi connectivity index (χ0n) is 11.5. The van der Waals surface area contributed by atoms with E-state index in [0.29, 0.717) is 19.6 Å². The van der Waals surface area contributed by atoms with Crippen LogP contribution in [0.1, 0.15) is 33.6 Å². The largest absolute Gasteiger partial charge is 0.481 e. The van der Waals surface area contributed by atoms with Crippen LogP contribution in [-0.2, 0) is 9.59 Å². The van der Waals surface area contributed by atoms with Crippen LogP contribution >= 0.6 is 0 Å². The van der Waals surface area contributed by atoms with Crippen LogP contribution in [0.25, 0.3) is 0 Å². The smallest absolute Gasteiger partial charge is 0.306 e. The molecule has 1 heterocycles. The van der Waals surface area contributed by atoms with E-state index < -0.39 is 11.4 Å². The van der Waals surface area contributed by atoms with Gasteiger partial charge in [0.05, 0.1) is 11.3 Å². The van der Waals surface area contributed by atoms with Gasteiger partial charge in [-0.05, 0) is 12.8 Å². The second-order valence-corrected chi connectivity index (χ2v) is 5.29. The number of rotatable bonds is 6. The van der Waals surface area contributed by atoms with Crippen molar-refractivity contribution in [1.82, 2.24) is 4.90 Å². The number of hydrogen-bond acceptors (Lipinski definition) is 3. The van der Waals surface area contributed by atoms with Gasteiger partial charge in [0.2, 0.25) is 5.91 Å². The molecule has 0 aliphatic carbocycles. The average Bonchev–Trinajstić information content (AvgIpc) is 2.30. The Balaban J connectivity index is 2.60. The Labute approximate surface area is 108 Å². The number of likely N-dealkylation sites (tertiary alicyclic amines) is 1. The number of hydrogen-bond donors (Lipinski definition) is 2. The molecule has 0 saturated carbocycles. The number of amides is 1. The van der Waals surface area contributed by atoms with Crippen molar-refractivity contribution in [2.24, 2.45) is 23.0 Å². The van der Waals surface area contributed by atoms with E-state index in [4.69, 9.17) is 10.8 Å². The summed E-state index contributed by atoms with van der Waals surface area (Å²) in [5, 5.41) is 8.92. The standard InChI is InChI=1S/C13H24N2O3/c1-4-13(5-2,8-14)12(18)15-6-10(7-15)9(3)11(16)17/h9-10H,4-8,14H2,1-3H3,(H,16,17). The van der Waals surface area contributed by atoms with Crippen LogP contribution in [0, 0.1) is 17.3 Å². The summed E-state index contributed by atoms with van der Waals surface area (Å²) < 4.78 is 0. The first-order valence-electron chi connectivity index (χ1n) is 6.64. The lowest BCUT2D eigenvalue weighted by Gasteiger charge is -2.45. The highest BCUT2D eigenvalue weighted by molar-refractivity contribution is 5.84. The molecule has 0 spiro atoms. The van der Waals surface area contributed by atoms with Gasteiger partial charge in [0, 0.05) is 25.6 Å². The summed E-state index contributed by atoms with van der Waals surface area (Å²) in [6.45, 7) is 7.11. The van der Waals surface area contributed by atoms with Gasteiger partial charge >= 0.3 is 5.97 Å². The van der Waals surface area contributed by atoms with Gasteiger partial charge in [-0.25, -0.2) is 0 Å². The number of nitrogens with zero attached hydrogens (tertiary/aromatic N) is 1. The molecular weight excluding hydrogens is 232 g/mol. The maximum absolute atomic E-state index is 12.4. The Hall–Kier alpha value is -1.10. The number of carboxylic acid groups (broad SMARTS) is 1. The minimum atomic E-state index is -0.789. The number of nitrogens with two attached hydrogens (primary N) is 1. The topological polar surface area (TPSA) is 83.6 Å². The van der Waals surface area contributed by atoms with Crippen LogP contribution in [0.5, 0.6) is 0 Å². The molecule has 5 heteroatoms. The predicted molar refractivity (Wildman–Crippen MR) is 68.9 cm³/mol. The molecule has 1 rings (SSSR count). The minimum Gasteiger partial charge on any atom is -0.481 e. The molecule has 3 N–H and O–H groups in total. The van der Waals surface area contributed by atoms with Crippen molar-refractivity contribution in [3.8, 4) is 0 Å². The first-order chi connectivity index (χ1) is 8.41. The summed E-state index contributed by atoms with van der Waals surface area (Å²) in [4.78, 5) is 25.0. The number of carboxylic acids is 1. The highest BCUT2D eigenvalue weighted by Gasteiger charge is 2.44. The molecule has 1 fully saturated rings. The fraction of sp³-hybridized carbons (Fsp3) is 0.846. The van der Waals surface area contributed by atoms with E-state index in [1.807, 2.05) is 13.8 Å². The van der Waals surface area contributed by atoms with Gasteiger partial charge in [-0.2, -0.15) is 0 Å². The quantitative estimate of drug-likeness (QED) is 0.740. The molecule has 18 heavy (non-hydrogen) atoms. The molecule has 0 aromatic rings. The first kappa shape index (κ1) is 15.0. The molecule has 1 saturated heterocycles. The van der Waals surface area contributed by atoms with E-state index in [9.17, 15) is 9.59 Å². The summed E-state index contributed by atoms with van der Waals surface area (Å²) in [5.41, 5.74) is 5.29. The highest BCUT2D eigenvalue weighted by Crippen LogP contribution is 2.33. The molecule has 0 bridgehead atoms. The van der Waals surface area contributed by atoms with Gasteiger partial charge in [-0.15, -0.1) is 0 Å². The lowest BCUT2D eigenvalue weighted by molar-refractivity contribution is -0.156. The molecule has 1 amide bonds. The molecule has 1 unspecified atom stereocenters. The zero-order valence-corrected chi connectivity index (χ0v) is 11.5. The van der Waals surface area contributed by atoms with Crippen molar-refractivity contribution < 1.29 is 14.7 Å².